The highest BCUT2D eigenvalue weighted by atomic mass is 16.7. The van der Waals surface area contributed by atoms with E-state index in [1.807, 2.05) is 13.8 Å². The second kappa shape index (κ2) is 24.2. The van der Waals surface area contributed by atoms with E-state index in [2.05, 4.69) is 21.9 Å². The molecule has 5 bridgehead atoms. The summed E-state index contributed by atoms with van der Waals surface area (Å²) in [5.41, 5.74) is -2.07. The number of ketones is 4. The van der Waals surface area contributed by atoms with Gasteiger partial charge in [-0.05, 0) is 31.8 Å². The topological polar surface area (TPSA) is 265 Å². The lowest BCUT2D eigenvalue weighted by molar-refractivity contribution is -0.158. The number of hydrogen-bond acceptors (Lipinski definition) is 18. The van der Waals surface area contributed by atoms with Gasteiger partial charge < -0.3 is 49.2 Å². The van der Waals surface area contributed by atoms with Gasteiger partial charge in [0, 0.05) is 94.7 Å². The highest BCUT2D eigenvalue weighted by molar-refractivity contribution is 6.37. The van der Waals surface area contributed by atoms with E-state index < -0.39 is 111 Å². The number of phenolic OH excluding ortho intramolecular Hbond substituents is 1. The van der Waals surface area contributed by atoms with Crippen LogP contribution in [0, 0.1) is 42.4 Å². The Morgan fingerprint density at radius 2 is 1.58 bits per heavy atom. The van der Waals surface area contributed by atoms with Gasteiger partial charge in [0.25, 0.3) is 11.7 Å². The molecule has 1 aliphatic carbocycles. The van der Waals surface area contributed by atoms with Crippen LogP contribution in [0.15, 0.2) is 64.8 Å². The number of phenols is 1. The molecule has 4 N–H and O–H groups in total. The fourth-order valence-corrected chi connectivity index (χ4v) is 9.08. The van der Waals surface area contributed by atoms with E-state index in [1.165, 1.54) is 40.0 Å². The summed E-state index contributed by atoms with van der Waals surface area (Å²) < 4.78 is 23.6. The van der Waals surface area contributed by atoms with Gasteiger partial charge in [0.2, 0.25) is 5.78 Å². The molecule has 9 atom stereocenters. The number of rotatable bonds is 14. The minimum Gasteiger partial charge on any atom is -0.507 e. The Morgan fingerprint density at radius 3 is 2.22 bits per heavy atom. The lowest BCUT2D eigenvalue weighted by Gasteiger charge is -2.37. The number of nitrogens with zero attached hydrogens (tertiary/aromatic N) is 3. The Bertz CT molecular complexity index is 2470. The SMILES string of the molecule is C=C(CCC(=O)CC(C=O)C=O)OCCN1CCN(/N=C/C2=C3NC(=O)/C(C)=C\C=C\[C@H](C)[C@H](O)[C@@H](C)[C@@H](O)[C@@H](C)[C@H](OC(C)=O)[C@H](C)[C@@H](C)/C=C/O[C@@]4(C)Oc5c(C)c(O)c(c(c5C4=O)C2=O)C3=O)CC1. The summed E-state index contributed by atoms with van der Waals surface area (Å²) in [6, 6.07) is 0. The molecule has 0 spiro atoms. The first-order valence-electron chi connectivity index (χ1n) is 24.2. The third-order valence-electron chi connectivity index (χ3n) is 14.1. The third-order valence-corrected chi connectivity index (χ3v) is 14.1. The van der Waals surface area contributed by atoms with E-state index in [0.717, 1.165) is 6.21 Å². The molecule has 1 amide bonds. The minimum atomic E-state index is -2.09. The molecule has 0 radical (unpaired) electrons. The summed E-state index contributed by atoms with van der Waals surface area (Å²) in [6.07, 6.45) is 6.66. The van der Waals surface area contributed by atoms with Crippen LogP contribution in [0.4, 0.5) is 0 Å². The van der Waals surface area contributed by atoms with E-state index >= 15 is 0 Å². The summed E-state index contributed by atoms with van der Waals surface area (Å²) in [4.78, 5) is 106. The first-order valence-corrected chi connectivity index (χ1v) is 24.2. The minimum absolute atomic E-state index is 0.0316. The zero-order valence-corrected chi connectivity index (χ0v) is 42.5. The number of aldehydes is 2. The quantitative estimate of drug-likeness (QED) is 0.0657. The van der Waals surface area contributed by atoms with Crippen LogP contribution in [-0.4, -0.2) is 142 Å². The summed E-state index contributed by atoms with van der Waals surface area (Å²) >= 11 is 0. The number of nitrogens with one attached hydrogen (secondary N) is 1. The second-order valence-corrected chi connectivity index (χ2v) is 19.3. The first-order chi connectivity index (χ1) is 34.0. The third kappa shape index (κ3) is 12.7. The molecular weight excluding hydrogens is 933 g/mol. The summed E-state index contributed by atoms with van der Waals surface area (Å²) in [6.45, 7) is 20.7. The molecule has 4 aliphatic heterocycles. The van der Waals surface area contributed by atoms with Gasteiger partial charge in [-0.3, -0.25) is 38.7 Å². The van der Waals surface area contributed by atoms with Crippen molar-refractivity contribution in [3.8, 4) is 11.5 Å². The largest absolute Gasteiger partial charge is 0.507 e. The van der Waals surface area contributed by atoms with Crippen LogP contribution < -0.4 is 10.1 Å². The van der Waals surface area contributed by atoms with E-state index in [9.17, 15) is 53.7 Å². The number of aliphatic hydroxyl groups excluding tert-OH is 2. The first kappa shape index (κ1) is 56.3. The number of amides is 1. The summed E-state index contributed by atoms with van der Waals surface area (Å²) in [5.74, 6) is -10.5. The number of piperazine rings is 1. The average molecular weight is 1000 g/mol. The number of carbonyl (C=O) groups excluding carboxylic acids is 8. The zero-order chi connectivity index (χ0) is 53.4. The van der Waals surface area contributed by atoms with Crippen molar-refractivity contribution in [1.29, 1.82) is 0 Å². The van der Waals surface area contributed by atoms with E-state index in [0.29, 0.717) is 51.1 Å². The van der Waals surface area contributed by atoms with Crippen LogP contribution in [0.5, 0.6) is 11.5 Å². The maximum Gasteiger partial charge on any atom is 0.312 e. The molecule has 1 saturated heterocycles. The molecule has 0 unspecified atom stereocenters. The average Bonchev–Trinajstić information content (AvgIpc) is 3.61. The van der Waals surface area contributed by atoms with Crippen LogP contribution in [0.1, 0.15) is 111 Å². The highest BCUT2D eigenvalue weighted by Crippen LogP contribution is 2.48. The molecule has 1 aromatic carbocycles. The molecular formula is C53H68N4O15. The Hall–Kier alpha value is -6.57. The molecule has 72 heavy (non-hydrogen) atoms. The van der Waals surface area contributed by atoms with Gasteiger partial charge in [-0.1, -0.05) is 59.4 Å². The van der Waals surface area contributed by atoms with Crippen molar-refractivity contribution in [3.05, 3.63) is 82.0 Å². The fraction of sp³-hybridized carbons (Fsp3) is 0.528. The maximum absolute atomic E-state index is 14.9. The molecule has 1 fully saturated rings. The van der Waals surface area contributed by atoms with Crippen LogP contribution in [0.25, 0.3) is 0 Å². The number of hydrogen-bond donors (Lipinski definition) is 4. The maximum atomic E-state index is 14.9. The van der Waals surface area contributed by atoms with Gasteiger partial charge in [0.1, 0.15) is 48.3 Å². The Kier molecular flexibility index (Phi) is 19.0. The number of Topliss-reactive ketones (excluding diaryl/α,β-unsaturated/α-hetero) is 4. The number of allylic oxidation sites excluding steroid dienone is 6. The number of aliphatic hydroxyl groups is 2. The molecule has 19 nitrogen and oxygen atoms in total. The number of carbonyl (C=O) groups is 8. The van der Waals surface area contributed by atoms with Crippen molar-refractivity contribution in [2.24, 2.45) is 40.6 Å². The standard InChI is InChI=1S/C53H68N4O15/c1-28-16-22-70-53(10)51(67)42-40-41(46(64)35(8)50(42)72-53)48(66)43(55-52(68)30(3)13-11-12-29(2)44(62)33(6)45(63)34(7)49(32(28)5)71-36(9)60)39(47(40)65)25-54-57-19-17-56(18-20-57)21-23-69-31(4)14-15-38(61)24-37(26-58)27-59/h11-13,16,22,25-29,32-34,37,44-45,49,62-64H,4,14-15,17-21,23-24H2,1-3,5-10H3,(H,55,68)/b12-11+,22-16+,30-13-,54-25+/t28-,29-,32+,33+,34+,44-,45+,49+,53-/m0/s1. The number of ether oxygens (including phenoxy) is 4. The molecule has 1 aromatic rings. The molecule has 0 saturated carbocycles. The predicted octanol–water partition coefficient (Wildman–Crippen LogP) is 4.51. The Morgan fingerprint density at radius 1 is 0.917 bits per heavy atom. The predicted molar refractivity (Wildman–Crippen MR) is 263 cm³/mol. The fourth-order valence-electron chi connectivity index (χ4n) is 9.08. The van der Waals surface area contributed by atoms with Crippen molar-refractivity contribution in [2.45, 2.75) is 106 Å². The number of esters is 1. The molecule has 5 aliphatic rings. The van der Waals surface area contributed by atoms with Gasteiger partial charge in [0.15, 0.2) is 5.78 Å². The van der Waals surface area contributed by atoms with Crippen molar-refractivity contribution in [3.63, 3.8) is 0 Å². The van der Waals surface area contributed by atoms with Crippen molar-refractivity contribution < 1.29 is 72.6 Å². The molecule has 390 valence electrons. The number of fused-ring (bicyclic) bond motifs is 14. The summed E-state index contributed by atoms with van der Waals surface area (Å²) in [5, 5.41) is 43.3. The van der Waals surface area contributed by atoms with E-state index in [1.54, 1.807) is 44.0 Å². The lowest BCUT2D eigenvalue weighted by atomic mass is 9.77. The normalized spacial score (nSPS) is 29.2. The van der Waals surface area contributed by atoms with Gasteiger partial charge in [-0.15, -0.1) is 0 Å². The van der Waals surface area contributed by atoms with Gasteiger partial charge in [-0.2, -0.15) is 5.10 Å². The van der Waals surface area contributed by atoms with Crippen LogP contribution >= 0.6 is 0 Å². The van der Waals surface area contributed by atoms with Gasteiger partial charge >= 0.3 is 11.8 Å². The van der Waals surface area contributed by atoms with Crippen LogP contribution in [0.2, 0.25) is 0 Å². The molecule has 6 rings (SSSR count). The number of benzene rings is 1. The molecule has 19 heteroatoms. The zero-order valence-electron chi connectivity index (χ0n) is 42.5. The van der Waals surface area contributed by atoms with Crippen LogP contribution in [0.3, 0.4) is 0 Å². The van der Waals surface area contributed by atoms with Gasteiger partial charge in [-0.25, -0.2) is 0 Å². The number of aromatic hydroxyl groups is 1. The van der Waals surface area contributed by atoms with Crippen molar-refractivity contribution in [1.82, 2.24) is 15.2 Å². The monoisotopic (exact) mass is 1000 g/mol. The molecule has 0 aromatic heterocycles. The summed E-state index contributed by atoms with van der Waals surface area (Å²) in [7, 11) is 0. The van der Waals surface area contributed by atoms with Crippen molar-refractivity contribution >= 4 is 53.8 Å². The smallest absolute Gasteiger partial charge is 0.312 e. The second-order valence-electron chi connectivity index (χ2n) is 19.3. The Labute approximate surface area is 419 Å². The molecule has 4 heterocycles. The van der Waals surface area contributed by atoms with Crippen LogP contribution in [-0.2, 0) is 38.2 Å². The lowest BCUT2D eigenvalue weighted by Crippen LogP contribution is -2.45. The van der Waals surface area contributed by atoms with E-state index in [-0.39, 0.29) is 59.7 Å². The number of hydrazone groups is 1. The Balaban J connectivity index is 1.45. The van der Waals surface area contributed by atoms with E-state index in [4.69, 9.17) is 18.9 Å². The van der Waals surface area contributed by atoms with Crippen molar-refractivity contribution in [2.75, 3.05) is 39.3 Å². The highest BCUT2D eigenvalue weighted by Gasteiger charge is 2.52. The van der Waals surface area contributed by atoms with Gasteiger partial charge in [0.05, 0.1) is 58.6 Å².